The molecule has 0 saturated carbocycles. The molecule has 0 bridgehead atoms. The first kappa shape index (κ1) is 23.4. The van der Waals surface area contributed by atoms with Crippen molar-refractivity contribution in [2.24, 2.45) is 10.3 Å². The summed E-state index contributed by atoms with van der Waals surface area (Å²) in [5.41, 5.74) is 4.05. The zero-order valence-corrected chi connectivity index (χ0v) is 20.2. The van der Waals surface area contributed by atoms with Crippen molar-refractivity contribution in [3.63, 3.8) is 0 Å². The van der Waals surface area contributed by atoms with Gasteiger partial charge in [-0.3, -0.25) is 9.91 Å². The van der Waals surface area contributed by atoms with Gasteiger partial charge in [0.05, 0.1) is 26.2 Å². The highest BCUT2D eigenvalue weighted by atomic mass is 35.5. The summed E-state index contributed by atoms with van der Waals surface area (Å²) < 4.78 is 11.2. The lowest BCUT2D eigenvalue weighted by Crippen LogP contribution is -2.41. The Hall–Kier alpha value is -3.30. The number of β-amino-alcohol motifs (C(OH)–C–C–N with tert-alkyl or cyclic N) is 1. The second-order valence-corrected chi connectivity index (χ2v) is 9.09. The van der Waals surface area contributed by atoms with Crippen molar-refractivity contribution in [1.29, 1.82) is 0 Å². The number of aromatic nitrogens is 1. The average molecular weight is 498 g/mol. The number of fused-ring (bicyclic) bond motifs is 3. The van der Waals surface area contributed by atoms with Crippen LogP contribution in [-0.2, 0) is 11.2 Å². The molecule has 184 valence electrons. The maximum Gasteiger partial charge on any atom is 0.410 e. The second kappa shape index (κ2) is 10.1. The molecule has 0 saturated heterocycles. The highest BCUT2D eigenvalue weighted by Crippen LogP contribution is 2.39. The number of hydrogen-bond donors (Lipinski definition) is 2. The number of nitrogens with one attached hydrogen (secondary N) is 1. The quantitative estimate of drug-likeness (QED) is 0.505. The summed E-state index contributed by atoms with van der Waals surface area (Å²) in [5.74, 6) is 0.637. The Morgan fingerprint density at radius 1 is 1.26 bits per heavy atom. The van der Waals surface area contributed by atoms with Crippen LogP contribution in [0.15, 0.2) is 52.8 Å². The maximum atomic E-state index is 12.8. The molecule has 1 aromatic heterocycles. The molecule has 2 atom stereocenters. The SMILES string of the molecule is CCOC(=O)N1CCc2c([nH]c3ccc(Cl)cc23)C1c1ccc(OCC(O)CN2CCN=N2)cc1. The van der Waals surface area contributed by atoms with Crippen molar-refractivity contribution >= 4 is 28.6 Å². The van der Waals surface area contributed by atoms with Crippen molar-refractivity contribution in [3.8, 4) is 5.75 Å². The molecule has 0 radical (unpaired) electrons. The topological polar surface area (TPSA) is 103 Å². The van der Waals surface area contributed by atoms with E-state index in [2.05, 4.69) is 15.3 Å². The molecule has 1 amide bonds. The molecule has 0 spiro atoms. The number of aliphatic hydroxyl groups excluding tert-OH is 1. The van der Waals surface area contributed by atoms with Gasteiger partial charge in [0.2, 0.25) is 0 Å². The van der Waals surface area contributed by atoms with Crippen molar-refractivity contribution in [2.45, 2.75) is 25.5 Å². The summed E-state index contributed by atoms with van der Waals surface area (Å²) in [4.78, 5) is 18.1. The fraction of sp³-hybridized carbons (Fsp3) is 0.400. The second-order valence-electron chi connectivity index (χ2n) is 8.65. The maximum absolute atomic E-state index is 12.8. The number of benzene rings is 2. The molecule has 0 aliphatic carbocycles. The molecule has 35 heavy (non-hydrogen) atoms. The summed E-state index contributed by atoms with van der Waals surface area (Å²) in [5, 5.41) is 21.6. The number of nitrogens with zero attached hydrogens (tertiary/aromatic N) is 4. The molecule has 2 aromatic carbocycles. The first-order valence-corrected chi connectivity index (χ1v) is 12.2. The van der Waals surface area contributed by atoms with Crippen LogP contribution in [0.2, 0.25) is 5.02 Å². The van der Waals surface area contributed by atoms with E-state index in [4.69, 9.17) is 21.1 Å². The number of hydrogen-bond acceptors (Lipinski definition) is 7. The van der Waals surface area contributed by atoms with Crippen LogP contribution in [0.3, 0.4) is 0 Å². The van der Waals surface area contributed by atoms with Crippen molar-refractivity contribution in [2.75, 3.05) is 39.4 Å². The Morgan fingerprint density at radius 3 is 2.83 bits per heavy atom. The van der Waals surface area contributed by atoms with Gasteiger partial charge in [0.1, 0.15) is 24.5 Å². The van der Waals surface area contributed by atoms with Gasteiger partial charge in [-0.2, -0.15) is 5.11 Å². The smallest absolute Gasteiger partial charge is 0.410 e. The number of carbonyl (C=O) groups excluding carboxylic acids is 1. The van der Waals surface area contributed by atoms with Gasteiger partial charge in [-0.05, 0) is 54.8 Å². The molecule has 9 nitrogen and oxygen atoms in total. The van der Waals surface area contributed by atoms with E-state index in [9.17, 15) is 9.90 Å². The molecule has 10 heteroatoms. The van der Waals surface area contributed by atoms with Crippen LogP contribution in [0.1, 0.15) is 29.8 Å². The predicted molar refractivity (Wildman–Crippen MR) is 132 cm³/mol. The first-order valence-electron chi connectivity index (χ1n) is 11.8. The van der Waals surface area contributed by atoms with E-state index in [0.29, 0.717) is 50.0 Å². The Balaban J connectivity index is 1.38. The van der Waals surface area contributed by atoms with Gasteiger partial charge in [0, 0.05) is 28.2 Å². The normalized spacial score (nSPS) is 18.1. The van der Waals surface area contributed by atoms with Crippen LogP contribution in [0, 0.1) is 0 Å². The lowest BCUT2D eigenvalue weighted by Gasteiger charge is -2.35. The Labute approximate surface area is 208 Å². The number of aromatic amines is 1. The first-order chi connectivity index (χ1) is 17.0. The van der Waals surface area contributed by atoms with Gasteiger partial charge < -0.3 is 19.6 Å². The van der Waals surface area contributed by atoms with E-state index < -0.39 is 6.10 Å². The standard InChI is InChI=1S/C25H28ClN5O4/c1-2-34-25(33)31-11-9-20-21-13-17(26)5-8-22(21)28-23(20)24(31)16-3-6-19(7-4-16)35-15-18(32)14-30-12-10-27-29-30/h3-8,13,18,24,28,32H,2,9-12,14-15H2,1H3. The number of ether oxygens (including phenoxy) is 2. The van der Waals surface area contributed by atoms with Crippen molar-refractivity contribution in [3.05, 3.63) is 64.3 Å². The summed E-state index contributed by atoms with van der Waals surface area (Å²) in [6.45, 7) is 4.55. The molecular formula is C25H28ClN5O4. The molecule has 5 rings (SSSR count). The highest BCUT2D eigenvalue weighted by Gasteiger charge is 2.35. The third-order valence-electron chi connectivity index (χ3n) is 6.30. The zero-order chi connectivity index (χ0) is 24.4. The van der Waals surface area contributed by atoms with Crippen LogP contribution < -0.4 is 4.74 Å². The fourth-order valence-corrected chi connectivity index (χ4v) is 4.88. The van der Waals surface area contributed by atoms with Crippen LogP contribution in [0.4, 0.5) is 4.79 Å². The Bertz CT molecular complexity index is 1230. The molecule has 3 aromatic rings. The zero-order valence-electron chi connectivity index (χ0n) is 19.5. The number of amides is 1. The highest BCUT2D eigenvalue weighted by molar-refractivity contribution is 6.31. The van der Waals surface area contributed by atoms with E-state index in [-0.39, 0.29) is 18.7 Å². The van der Waals surface area contributed by atoms with E-state index >= 15 is 0 Å². The van der Waals surface area contributed by atoms with E-state index in [0.717, 1.165) is 27.7 Å². The average Bonchev–Trinajstić information content (AvgIpc) is 3.50. The largest absolute Gasteiger partial charge is 0.491 e. The van der Waals surface area contributed by atoms with Crippen LogP contribution in [0.25, 0.3) is 10.9 Å². The van der Waals surface area contributed by atoms with Crippen molar-refractivity contribution < 1.29 is 19.4 Å². The summed E-state index contributed by atoms with van der Waals surface area (Å²) >= 11 is 6.27. The minimum Gasteiger partial charge on any atom is -0.491 e. The molecule has 2 N–H and O–H groups in total. The minimum absolute atomic E-state index is 0.149. The molecule has 2 unspecified atom stereocenters. The summed E-state index contributed by atoms with van der Waals surface area (Å²) in [7, 11) is 0. The van der Waals surface area contributed by atoms with E-state index in [1.165, 1.54) is 0 Å². The van der Waals surface area contributed by atoms with E-state index in [1.54, 1.807) is 16.8 Å². The van der Waals surface area contributed by atoms with Crippen LogP contribution >= 0.6 is 11.6 Å². The monoisotopic (exact) mass is 497 g/mol. The Morgan fingerprint density at radius 2 is 2.09 bits per heavy atom. The molecule has 0 fully saturated rings. The summed E-state index contributed by atoms with van der Waals surface area (Å²) in [6, 6.07) is 13.1. The van der Waals surface area contributed by atoms with Gasteiger partial charge >= 0.3 is 6.09 Å². The van der Waals surface area contributed by atoms with Crippen molar-refractivity contribution in [1.82, 2.24) is 14.9 Å². The third-order valence-corrected chi connectivity index (χ3v) is 6.53. The number of carbonyl (C=O) groups is 1. The van der Waals surface area contributed by atoms with Gasteiger partial charge in [0.15, 0.2) is 0 Å². The summed E-state index contributed by atoms with van der Waals surface area (Å²) in [6.07, 6.45) is -0.312. The number of aliphatic hydroxyl groups is 1. The number of halogens is 1. The lowest BCUT2D eigenvalue weighted by atomic mass is 9.92. The molecule has 2 aliphatic rings. The Kier molecular flexibility index (Phi) is 6.79. The van der Waals surface area contributed by atoms with Gasteiger partial charge in [-0.1, -0.05) is 29.0 Å². The number of rotatable bonds is 7. The molecular weight excluding hydrogens is 470 g/mol. The third kappa shape index (κ3) is 4.92. The fourth-order valence-electron chi connectivity index (χ4n) is 4.71. The lowest BCUT2D eigenvalue weighted by molar-refractivity contribution is 0.0728. The molecule has 2 aliphatic heterocycles. The van der Waals surface area contributed by atoms with Crippen LogP contribution in [-0.4, -0.2) is 71.6 Å². The molecule has 3 heterocycles. The predicted octanol–water partition coefficient (Wildman–Crippen LogP) is 4.35. The minimum atomic E-state index is -0.676. The van der Waals surface area contributed by atoms with Gasteiger partial charge in [-0.25, -0.2) is 4.79 Å². The van der Waals surface area contributed by atoms with Gasteiger partial charge in [0.25, 0.3) is 0 Å². The van der Waals surface area contributed by atoms with Gasteiger partial charge in [-0.15, -0.1) is 0 Å². The number of H-pyrrole nitrogens is 1. The van der Waals surface area contributed by atoms with E-state index in [1.807, 2.05) is 42.5 Å². The van der Waals surface area contributed by atoms with Crippen LogP contribution in [0.5, 0.6) is 5.75 Å².